The maximum absolute atomic E-state index is 13.2. The summed E-state index contributed by atoms with van der Waals surface area (Å²) in [6.45, 7) is 1.16. The van der Waals surface area contributed by atoms with E-state index < -0.39 is 0 Å². The first-order valence-corrected chi connectivity index (χ1v) is 12.7. The number of thiophene rings is 2. The number of aromatic amines is 1. The fourth-order valence-electron chi connectivity index (χ4n) is 4.56. The summed E-state index contributed by atoms with van der Waals surface area (Å²) in [5.41, 5.74) is 2.27. The zero-order valence-electron chi connectivity index (χ0n) is 17.6. The predicted octanol–water partition coefficient (Wildman–Crippen LogP) is 4.77. The van der Waals surface area contributed by atoms with Crippen LogP contribution in [0, 0.1) is 0 Å². The highest BCUT2D eigenvalue weighted by molar-refractivity contribution is 7.10. The Morgan fingerprint density at radius 2 is 1.94 bits per heavy atom. The van der Waals surface area contributed by atoms with Crippen molar-refractivity contribution in [2.75, 3.05) is 13.1 Å². The summed E-state index contributed by atoms with van der Waals surface area (Å²) < 4.78 is 0. The Labute approximate surface area is 195 Å². The minimum Gasteiger partial charge on any atom is -0.361 e. The van der Waals surface area contributed by atoms with Crippen LogP contribution in [0.5, 0.6) is 0 Å². The normalized spacial score (nSPS) is 17.0. The van der Waals surface area contributed by atoms with Crippen molar-refractivity contribution >= 4 is 45.4 Å². The van der Waals surface area contributed by atoms with Crippen LogP contribution in [0.4, 0.5) is 0 Å². The lowest BCUT2D eigenvalue weighted by atomic mass is 9.96. The van der Waals surface area contributed by atoms with E-state index in [1.165, 1.54) is 15.8 Å². The molecule has 0 aliphatic carbocycles. The maximum atomic E-state index is 13.2. The van der Waals surface area contributed by atoms with Crippen LogP contribution in [0.15, 0.2) is 65.5 Å². The molecule has 1 aliphatic heterocycles. The van der Waals surface area contributed by atoms with Crippen molar-refractivity contribution in [2.45, 2.75) is 31.2 Å². The quantitative estimate of drug-likeness (QED) is 0.415. The Bertz CT molecular complexity index is 1200. The number of aromatic nitrogens is 1. The number of nitrogens with zero attached hydrogens (tertiary/aromatic N) is 1. The number of rotatable bonds is 7. The van der Waals surface area contributed by atoms with Gasteiger partial charge >= 0.3 is 0 Å². The van der Waals surface area contributed by atoms with Crippen LogP contribution in [-0.2, 0) is 16.0 Å². The smallest absolute Gasteiger partial charge is 0.242 e. The van der Waals surface area contributed by atoms with Crippen LogP contribution in [0.1, 0.15) is 34.1 Å². The van der Waals surface area contributed by atoms with Gasteiger partial charge < -0.3 is 15.2 Å². The van der Waals surface area contributed by atoms with Gasteiger partial charge in [0, 0.05) is 45.9 Å². The second-order valence-electron chi connectivity index (χ2n) is 8.10. The molecule has 1 fully saturated rings. The van der Waals surface area contributed by atoms with Crippen LogP contribution >= 0.6 is 22.7 Å². The molecular formula is C25H25N3O2S2. The summed E-state index contributed by atoms with van der Waals surface area (Å²) in [6.07, 6.45) is 4.01. The predicted molar refractivity (Wildman–Crippen MR) is 130 cm³/mol. The van der Waals surface area contributed by atoms with E-state index in [1.54, 1.807) is 27.6 Å². The molecule has 2 unspecified atom stereocenters. The number of benzene rings is 1. The van der Waals surface area contributed by atoms with E-state index in [0.29, 0.717) is 19.5 Å². The van der Waals surface area contributed by atoms with E-state index in [0.717, 1.165) is 23.2 Å². The summed E-state index contributed by atoms with van der Waals surface area (Å²) in [5, 5.41) is 8.40. The van der Waals surface area contributed by atoms with E-state index in [1.807, 2.05) is 41.9 Å². The van der Waals surface area contributed by atoms with E-state index >= 15 is 0 Å². The fraction of sp³-hybridized carbons (Fsp3) is 0.280. The van der Waals surface area contributed by atoms with Gasteiger partial charge in [-0.2, -0.15) is 0 Å². The van der Waals surface area contributed by atoms with Gasteiger partial charge in [0.05, 0.1) is 6.42 Å². The minimum absolute atomic E-state index is 0.0385. The molecule has 7 heteroatoms. The number of hydrogen-bond donors (Lipinski definition) is 2. The molecule has 2 N–H and O–H groups in total. The fourth-order valence-corrected chi connectivity index (χ4v) is 6.10. The van der Waals surface area contributed by atoms with Crippen molar-refractivity contribution < 1.29 is 9.59 Å². The molecule has 0 spiro atoms. The molecule has 4 aromatic rings. The van der Waals surface area contributed by atoms with Crippen molar-refractivity contribution in [2.24, 2.45) is 0 Å². The van der Waals surface area contributed by atoms with Gasteiger partial charge in [0.25, 0.3) is 0 Å². The SMILES string of the molecule is O=C(NCC(c1cccs1)c1c[nH]c2ccccc12)C1CCCN1C(=O)Cc1cccs1. The molecule has 0 bridgehead atoms. The van der Waals surface area contributed by atoms with E-state index in [4.69, 9.17) is 0 Å². The third-order valence-corrected chi connectivity index (χ3v) is 8.01. The molecule has 1 saturated heterocycles. The van der Waals surface area contributed by atoms with Crippen LogP contribution < -0.4 is 5.32 Å². The number of carbonyl (C=O) groups is 2. The van der Waals surface area contributed by atoms with Crippen LogP contribution in [-0.4, -0.2) is 40.8 Å². The van der Waals surface area contributed by atoms with Gasteiger partial charge in [-0.25, -0.2) is 0 Å². The third kappa shape index (κ3) is 4.23. The van der Waals surface area contributed by atoms with Gasteiger partial charge in [0.15, 0.2) is 0 Å². The molecule has 2 amide bonds. The Morgan fingerprint density at radius 3 is 2.75 bits per heavy atom. The molecule has 2 atom stereocenters. The van der Waals surface area contributed by atoms with Crippen molar-refractivity contribution in [1.82, 2.24) is 15.2 Å². The first-order valence-electron chi connectivity index (χ1n) is 10.9. The van der Waals surface area contributed by atoms with E-state index in [-0.39, 0.29) is 23.8 Å². The largest absolute Gasteiger partial charge is 0.361 e. The van der Waals surface area contributed by atoms with Crippen molar-refractivity contribution in [1.29, 1.82) is 0 Å². The number of hydrogen-bond acceptors (Lipinski definition) is 4. The third-order valence-electron chi connectivity index (χ3n) is 6.15. The van der Waals surface area contributed by atoms with Gasteiger partial charge in [-0.1, -0.05) is 30.3 Å². The molecule has 1 aliphatic rings. The first-order chi connectivity index (χ1) is 15.7. The van der Waals surface area contributed by atoms with Crippen LogP contribution in [0.25, 0.3) is 10.9 Å². The number of fused-ring (bicyclic) bond motifs is 1. The van der Waals surface area contributed by atoms with Crippen molar-refractivity contribution in [3.63, 3.8) is 0 Å². The van der Waals surface area contributed by atoms with Crippen molar-refractivity contribution in [3.8, 4) is 0 Å². The van der Waals surface area contributed by atoms with Crippen LogP contribution in [0.3, 0.4) is 0 Å². The van der Waals surface area contributed by atoms with Crippen LogP contribution in [0.2, 0.25) is 0 Å². The molecule has 5 rings (SSSR count). The van der Waals surface area contributed by atoms with Gasteiger partial charge in [0.2, 0.25) is 11.8 Å². The van der Waals surface area contributed by atoms with Gasteiger partial charge in [-0.05, 0) is 47.4 Å². The zero-order valence-corrected chi connectivity index (χ0v) is 19.3. The molecule has 32 heavy (non-hydrogen) atoms. The standard InChI is InChI=1S/C25H25N3O2S2/c29-24(14-17-6-4-12-31-17)28-11-3-9-22(28)25(30)27-16-20(23-10-5-13-32-23)19-15-26-21-8-2-1-7-18(19)21/h1-2,4-8,10,12-13,15,20,22,26H,3,9,11,14,16H2,(H,27,30). The number of nitrogens with one attached hydrogen (secondary N) is 2. The average Bonchev–Trinajstić information content (AvgIpc) is 3.61. The highest BCUT2D eigenvalue weighted by atomic mass is 32.1. The molecular weight excluding hydrogens is 438 g/mol. The Balaban J connectivity index is 1.31. The first kappa shape index (κ1) is 21.0. The van der Waals surface area contributed by atoms with E-state index in [2.05, 4.69) is 33.9 Å². The van der Waals surface area contributed by atoms with E-state index in [9.17, 15) is 9.59 Å². The second-order valence-corrected chi connectivity index (χ2v) is 10.1. The molecule has 164 valence electrons. The summed E-state index contributed by atoms with van der Waals surface area (Å²) in [6, 6.07) is 16.0. The van der Waals surface area contributed by atoms with Gasteiger partial charge in [0.1, 0.15) is 6.04 Å². The summed E-state index contributed by atoms with van der Waals surface area (Å²) in [7, 11) is 0. The number of carbonyl (C=O) groups excluding carboxylic acids is 2. The molecule has 3 aromatic heterocycles. The summed E-state index contributed by atoms with van der Waals surface area (Å²) in [5.74, 6) is 0.0479. The highest BCUT2D eigenvalue weighted by Gasteiger charge is 2.34. The summed E-state index contributed by atoms with van der Waals surface area (Å²) in [4.78, 5) is 33.4. The lowest BCUT2D eigenvalue weighted by molar-refractivity contribution is -0.137. The lowest BCUT2D eigenvalue weighted by Gasteiger charge is -2.25. The summed E-state index contributed by atoms with van der Waals surface area (Å²) >= 11 is 3.28. The van der Waals surface area contributed by atoms with Gasteiger partial charge in [-0.15, -0.1) is 22.7 Å². The molecule has 1 aromatic carbocycles. The monoisotopic (exact) mass is 463 g/mol. The molecule has 4 heterocycles. The van der Waals surface area contributed by atoms with Gasteiger partial charge in [-0.3, -0.25) is 9.59 Å². The Morgan fingerprint density at radius 1 is 1.09 bits per heavy atom. The highest BCUT2D eigenvalue weighted by Crippen LogP contribution is 2.33. The minimum atomic E-state index is -0.380. The molecule has 0 radical (unpaired) electrons. The maximum Gasteiger partial charge on any atom is 0.242 e. The van der Waals surface area contributed by atoms with Crippen molar-refractivity contribution in [3.05, 3.63) is 80.8 Å². The number of H-pyrrole nitrogens is 1. The Hall–Kier alpha value is -2.90. The lowest BCUT2D eigenvalue weighted by Crippen LogP contribution is -2.47. The average molecular weight is 464 g/mol. The topological polar surface area (TPSA) is 65.2 Å². The zero-order chi connectivity index (χ0) is 21.9. The number of likely N-dealkylation sites (tertiary alicyclic amines) is 1. The Kier molecular flexibility index (Phi) is 6.10. The second kappa shape index (κ2) is 9.30. The molecule has 0 saturated carbocycles. The number of amides is 2. The molecule has 5 nitrogen and oxygen atoms in total. The number of para-hydroxylation sites is 1.